The van der Waals surface area contributed by atoms with Crippen molar-refractivity contribution in [1.29, 1.82) is 0 Å². The van der Waals surface area contributed by atoms with Gasteiger partial charge in [-0.25, -0.2) is 0 Å². The van der Waals surface area contributed by atoms with Crippen molar-refractivity contribution in [3.05, 3.63) is 0 Å². The van der Waals surface area contributed by atoms with E-state index in [4.69, 9.17) is 0 Å². The molecule has 13 heavy (non-hydrogen) atoms. The molecule has 0 aromatic carbocycles. The summed E-state index contributed by atoms with van der Waals surface area (Å²) in [5.41, 5.74) is 0. The summed E-state index contributed by atoms with van der Waals surface area (Å²) in [6.45, 7) is 4.00. The lowest BCUT2D eigenvalue weighted by atomic mass is 10.2. The number of hydrogen-bond acceptors (Lipinski definition) is 3. The van der Waals surface area contributed by atoms with Crippen LogP contribution in [0.2, 0.25) is 0 Å². The van der Waals surface area contributed by atoms with E-state index in [-0.39, 0.29) is 11.9 Å². The maximum atomic E-state index is 11.3. The number of carbonyl (C=O) groups is 1. The molecule has 0 aliphatic carbocycles. The zero-order valence-corrected chi connectivity index (χ0v) is 8.63. The quantitative estimate of drug-likeness (QED) is 0.618. The third-order valence-corrected chi connectivity index (χ3v) is 2.85. The topological polar surface area (TPSA) is 44.4 Å². The van der Waals surface area contributed by atoms with Crippen LogP contribution in [-0.4, -0.2) is 50.1 Å². The molecular weight excluding hydrogens is 166 g/mol. The Morgan fingerprint density at radius 1 is 1.69 bits per heavy atom. The molecule has 2 unspecified atom stereocenters. The number of rotatable bonds is 3. The highest BCUT2D eigenvalue weighted by molar-refractivity contribution is 5.80. The largest absolute Gasteiger partial charge is 0.358 e. The summed E-state index contributed by atoms with van der Waals surface area (Å²) in [6, 6.07) is 0.474. The minimum atomic E-state index is -0.0325. The van der Waals surface area contributed by atoms with Crippen LogP contribution >= 0.6 is 0 Å². The van der Waals surface area contributed by atoms with Crippen molar-refractivity contribution < 1.29 is 4.79 Å². The number of likely N-dealkylation sites (N-methyl/N-ethyl adjacent to an activating group) is 2. The fourth-order valence-corrected chi connectivity index (χ4v) is 1.70. The Morgan fingerprint density at radius 2 is 2.38 bits per heavy atom. The highest BCUT2D eigenvalue weighted by Gasteiger charge is 2.26. The van der Waals surface area contributed by atoms with Gasteiger partial charge in [-0.3, -0.25) is 9.69 Å². The van der Waals surface area contributed by atoms with Crippen LogP contribution in [-0.2, 0) is 4.79 Å². The van der Waals surface area contributed by atoms with Crippen molar-refractivity contribution >= 4 is 5.91 Å². The first-order chi connectivity index (χ1) is 6.16. The van der Waals surface area contributed by atoms with E-state index in [9.17, 15) is 4.79 Å². The first-order valence-electron chi connectivity index (χ1n) is 4.81. The summed E-state index contributed by atoms with van der Waals surface area (Å²) >= 11 is 0. The molecule has 0 bridgehead atoms. The number of amides is 1. The zero-order valence-electron chi connectivity index (χ0n) is 8.63. The van der Waals surface area contributed by atoms with Gasteiger partial charge in [-0.15, -0.1) is 0 Å². The first kappa shape index (κ1) is 10.5. The second-order valence-electron chi connectivity index (χ2n) is 3.60. The van der Waals surface area contributed by atoms with E-state index in [2.05, 4.69) is 15.5 Å². The average Bonchev–Trinajstić information content (AvgIpc) is 2.67. The molecular formula is C9H19N3O. The minimum Gasteiger partial charge on any atom is -0.358 e. The molecule has 4 nitrogen and oxygen atoms in total. The number of hydrogen-bond donors (Lipinski definition) is 2. The van der Waals surface area contributed by atoms with Crippen molar-refractivity contribution in [2.45, 2.75) is 25.4 Å². The maximum absolute atomic E-state index is 11.3. The monoisotopic (exact) mass is 185 g/mol. The predicted octanol–water partition coefficient (Wildman–Crippen LogP) is -0.585. The number of carbonyl (C=O) groups excluding carboxylic acids is 1. The second-order valence-corrected chi connectivity index (χ2v) is 3.60. The summed E-state index contributed by atoms with van der Waals surface area (Å²) in [4.78, 5) is 13.5. The highest BCUT2D eigenvalue weighted by atomic mass is 16.2. The van der Waals surface area contributed by atoms with Crippen molar-refractivity contribution in [3.63, 3.8) is 0 Å². The van der Waals surface area contributed by atoms with Gasteiger partial charge >= 0.3 is 0 Å². The Hall–Kier alpha value is -0.610. The van der Waals surface area contributed by atoms with Crippen molar-refractivity contribution in [3.8, 4) is 0 Å². The van der Waals surface area contributed by atoms with E-state index in [0.29, 0.717) is 6.04 Å². The Kier molecular flexibility index (Phi) is 3.69. The van der Waals surface area contributed by atoms with Crippen LogP contribution in [0.15, 0.2) is 0 Å². The Bertz CT molecular complexity index is 178. The molecule has 0 saturated carbocycles. The molecule has 0 aromatic rings. The normalized spacial score (nSPS) is 24.8. The van der Waals surface area contributed by atoms with Crippen LogP contribution in [0.1, 0.15) is 13.3 Å². The van der Waals surface area contributed by atoms with Crippen LogP contribution in [0.4, 0.5) is 0 Å². The van der Waals surface area contributed by atoms with Crippen LogP contribution in [0.3, 0.4) is 0 Å². The van der Waals surface area contributed by atoms with Gasteiger partial charge in [0.2, 0.25) is 5.91 Å². The summed E-state index contributed by atoms with van der Waals surface area (Å²) in [6.07, 6.45) is 1.14. The Labute approximate surface area is 79.7 Å². The van der Waals surface area contributed by atoms with Gasteiger partial charge in [0, 0.05) is 19.6 Å². The fraction of sp³-hybridized carbons (Fsp3) is 0.889. The van der Waals surface area contributed by atoms with E-state index >= 15 is 0 Å². The van der Waals surface area contributed by atoms with Crippen molar-refractivity contribution in [2.24, 2.45) is 0 Å². The molecule has 76 valence electrons. The molecule has 0 aromatic heterocycles. The molecule has 0 radical (unpaired) electrons. The van der Waals surface area contributed by atoms with Crippen LogP contribution < -0.4 is 10.6 Å². The molecule has 1 heterocycles. The molecule has 1 rings (SSSR count). The molecule has 4 heteroatoms. The van der Waals surface area contributed by atoms with Crippen LogP contribution in [0.25, 0.3) is 0 Å². The summed E-state index contributed by atoms with van der Waals surface area (Å²) < 4.78 is 0. The van der Waals surface area contributed by atoms with Gasteiger partial charge in [0.25, 0.3) is 0 Å². The maximum Gasteiger partial charge on any atom is 0.236 e. The smallest absolute Gasteiger partial charge is 0.236 e. The average molecular weight is 185 g/mol. The Balaban J connectivity index is 2.45. The number of nitrogens with zero attached hydrogens (tertiary/aromatic N) is 1. The molecule has 1 saturated heterocycles. The van der Waals surface area contributed by atoms with E-state index in [1.165, 1.54) is 0 Å². The summed E-state index contributed by atoms with van der Waals surface area (Å²) in [5.74, 6) is 0.0920. The Morgan fingerprint density at radius 3 is 2.85 bits per heavy atom. The van der Waals surface area contributed by atoms with Gasteiger partial charge in [-0.2, -0.15) is 0 Å². The van der Waals surface area contributed by atoms with E-state index < -0.39 is 0 Å². The van der Waals surface area contributed by atoms with E-state index in [1.54, 1.807) is 7.05 Å². The molecule has 2 N–H and O–H groups in total. The fourth-order valence-electron chi connectivity index (χ4n) is 1.70. The molecule has 2 atom stereocenters. The third kappa shape index (κ3) is 2.42. The van der Waals surface area contributed by atoms with Gasteiger partial charge in [0.15, 0.2) is 0 Å². The lowest BCUT2D eigenvalue weighted by molar-refractivity contribution is -0.125. The molecule has 0 spiro atoms. The molecule has 1 amide bonds. The number of nitrogens with one attached hydrogen (secondary N) is 2. The third-order valence-electron chi connectivity index (χ3n) is 2.85. The highest BCUT2D eigenvalue weighted by Crippen LogP contribution is 2.09. The van der Waals surface area contributed by atoms with Crippen molar-refractivity contribution in [1.82, 2.24) is 15.5 Å². The predicted molar refractivity (Wildman–Crippen MR) is 52.6 cm³/mol. The van der Waals surface area contributed by atoms with E-state index in [1.807, 2.05) is 14.0 Å². The van der Waals surface area contributed by atoms with Crippen LogP contribution in [0, 0.1) is 0 Å². The zero-order chi connectivity index (χ0) is 9.84. The standard InChI is InChI=1S/C9H19N3O/c1-7(9(13)10-2)12(3)8-4-5-11-6-8/h7-8,11H,4-6H2,1-3H3,(H,10,13). The van der Waals surface area contributed by atoms with Gasteiger partial charge < -0.3 is 10.6 Å². The summed E-state index contributed by atoms with van der Waals surface area (Å²) in [7, 11) is 3.69. The van der Waals surface area contributed by atoms with Crippen LogP contribution in [0.5, 0.6) is 0 Å². The second kappa shape index (κ2) is 4.58. The minimum absolute atomic E-state index is 0.0325. The first-order valence-corrected chi connectivity index (χ1v) is 4.81. The van der Waals surface area contributed by atoms with E-state index in [0.717, 1.165) is 19.5 Å². The van der Waals surface area contributed by atoms with Gasteiger partial charge in [-0.05, 0) is 26.9 Å². The van der Waals surface area contributed by atoms with Gasteiger partial charge in [-0.1, -0.05) is 0 Å². The van der Waals surface area contributed by atoms with Crippen molar-refractivity contribution in [2.75, 3.05) is 27.2 Å². The molecule has 1 aliphatic heterocycles. The summed E-state index contributed by atoms with van der Waals surface area (Å²) in [5, 5.41) is 5.96. The molecule has 1 fully saturated rings. The lowest BCUT2D eigenvalue weighted by Crippen LogP contribution is -2.47. The van der Waals surface area contributed by atoms with Gasteiger partial charge in [0.05, 0.1) is 6.04 Å². The molecule has 1 aliphatic rings. The SMILES string of the molecule is CNC(=O)C(C)N(C)C1CCNC1. The lowest BCUT2D eigenvalue weighted by Gasteiger charge is -2.28. The van der Waals surface area contributed by atoms with Gasteiger partial charge in [0.1, 0.15) is 0 Å².